The molecule has 1 amide bonds. The third kappa shape index (κ3) is 6.45. The third-order valence-corrected chi connectivity index (χ3v) is 6.56. The van der Waals surface area contributed by atoms with Crippen molar-refractivity contribution in [2.24, 2.45) is 5.92 Å². The zero-order chi connectivity index (χ0) is 23.3. The predicted octanol–water partition coefficient (Wildman–Crippen LogP) is 3.27. The minimum absolute atomic E-state index is 0.310. The molecule has 3 heterocycles. The van der Waals surface area contributed by atoms with Crippen LogP contribution in [0.2, 0.25) is 0 Å². The van der Waals surface area contributed by atoms with Crippen LogP contribution in [0.1, 0.15) is 36.8 Å². The molecule has 6 nitrogen and oxygen atoms in total. The Bertz CT molecular complexity index is 778. The normalized spacial score (nSPS) is 24.1. The van der Waals surface area contributed by atoms with E-state index >= 15 is 0 Å². The molecule has 0 aromatic heterocycles. The number of rotatable bonds is 4. The summed E-state index contributed by atoms with van der Waals surface area (Å²) in [6.07, 6.45) is 0.151. The fourth-order valence-electron chi connectivity index (χ4n) is 4.85. The molecule has 4 rings (SSSR count). The monoisotopic (exact) mass is 456 g/mol. The van der Waals surface area contributed by atoms with Gasteiger partial charge in [0.1, 0.15) is 0 Å². The van der Waals surface area contributed by atoms with E-state index < -0.39 is 12.1 Å². The number of aryl methyl sites for hydroxylation is 1. The SMILES string of the molecule is Cc1ccc(CC(=O)N2CC[C@H]3[C@H]2CCN3CC2CCOCC2)cc1.O=C(O)C(F)(F)F. The lowest BCUT2D eigenvalue weighted by molar-refractivity contribution is -0.192. The second kappa shape index (κ2) is 10.7. The Hall–Kier alpha value is -2.13. The summed E-state index contributed by atoms with van der Waals surface area (Å²) in [5, 5.41) is 7.12. The number of amides is 1. The van der Waals surface area contributed by atoms with Crippen LogP contribution >= 0.6 is 0 Å². The smallest absolute Gasteiger partial charge is 0.475 e. The van der Waals surface area contributed by atoms with Gasteiger partial charge in [-0.05, 0) is 44.1 Å². The highest BCUT2D eigenvalue weighted by atomic mass is 19.4. The number of halogens is 3. The van der Waals surface area contributed by atoms with E-state index in [0.29, 0.717) is 24.4 Å². The van der Waals surface area contributed by atoms with Crippen molar-refractivity contribution < 1.29 is 32.6 Å². The van der Waals surface area contributed by atoms with Gasteiger partial charge in [0.15, 0.2) is 0 Å². The Labute approximate surface area is 186 Å². The van der Waals surface area contributed by atoms with Gasteiger partial charge < -0.3 is 14.7 Å². The highest BCUT2D eigenvalue weighted by Gasteiger charge is 2.44. The number of likely N-dealkylation sites (tertiary alicyclic amines) is 2. The molecule has 0 spiro atoms. The Morgan fingerprint density at radius 1 is 1.03 bits per heavy atom. The summed E-state index contributed by atoms with van der Waals surface area (Å²) in [6.45, 7) is 7.22. The molecule has 0 bridgehead atoms. The van der Waals surface area contributed by atoms with Gasteiger partial charge in [-0.3, -0.25) is 9.69 Å². The number of carboxylic acid groups (broad SMARTS) is 1. The van der Waals surface area contributed by atoms with E-state index in [4.69, 9.17) is 14.6 Å². The average Bonchev–Trinajstić information content (AvgIpc) is 3.33. The van der Waals surface area contributed by atoms with E-state index in [0.717, 1.165) is 50.6 Å². The van der Waals surface area contributed by atoms with Crippen LogP contribution in [-0.2, 0) is 20.7 Å². The Morgan fingerprint density at radius 2 is 1.62 bits per heavy atom. The van der Waals surface area contributed by atoms with Gasteiger partial charge in [0.25, 0.3) is 0 Å². The number of ether oxygens (including phenoxy) is 1. The maximum absolute atomic E-state index is 12.8. The highest BCUT2D eigenvalue weighted by molar-refractivity contribution is 5.79. The van der Waals surface area contributed by atoms with Crippen LogP contribution < -0.4 is 0 Å². The van der Waals surface area contributed by atoms with Crippen LogP contribution in [0.3, 0.4) is 0 Å². The summed E-state index contributed by atoms with van der Waals surface area (Å²) >= 11 is 0. The zero-order valence-corrected chi connectivity index (χ0v) is 18.3. The minimum Gasteiger partial charge on any atom is -0.475 e. The molecule has 178 valence electrons. The van der Waals surface area contributed by atoms with Crippen molar-refractivity contribution in [3.63, 3.8) is 0 Å². The lowest BCUT2D eigenvalue weighted by Crippen LogP contribution is -2.41. The number of fused-ring (bicyclic) bond motifs is 1. The Morgan fingerprint density at radius 3 is 2.22 bits per heavy atom. The summed E-state index contributed by atoms with van der Waals surface area (Å²) in [5.74, 6) is -1.67. The quantitative estimate of drug-likeness (QED) is 0.753. The van der Waals surface area contributed by atoms with Crippen molar-refractivity contribution in [3.8, 4) is 0 Å². The number of benzene rings is 1. The van der Waals surface area contributed by atoms with Crippen molar-refractivity contribution >= 4 is 11.9 Å². The van der Waals surface area contributed by atoms with Crippen LogP contribution in [0.25, 0.3) is 0 Å². The molecule has 3 aliphatic heterocycles. The number of nitrogens with zero attached hydrogens (tertiary/aromatic N) is 2. The minimum atomic E-state index is -5.08. The summed E-state index contributed by atoms with van der Waals surface area (Å²) in [6, 6.07) is 9.41. The van der Waals surface area contributed by atoms with Gasteiger partial charge in [0.2, 0.25) is 5.91 Å². The standard InChI is InChI=1S/C21H30N2O2.C2HF3O2/c1-16-2-4-17(5-3-16)14-21(24)23-11-7-19-20(23)6-10-22(19)15-18-8-12-25-13-9-18;3-2(4,5)1(6)7/h2-5,18-20H,6-15H2,1H3;(H,6,7)/t19-,20+;/m0./s1. The Balaban J connectivity index is 0.000000360. The van der Waals surface area contributed by atoms with Gasteiger partial charge in [-0.25, -0.2) is 4.79 Å². The van der Waals surface area contributed by atoms with Crippen molar-refractivity contribution in [2.75, 3.05) is 32.8 Å². The van der Waals surface area contributed by atoms with Gasteiger partial charge in [0, 0.05) is 44.9 Å². The maximum atomic E-state index is 12.8. The topological polar surface area (TPSA) is 70.1 Å². The molecule has 32 heavy (non-hydrogen) atoms. The molecule has 0 saturated carbocycles. The van der Waals surface area contributed by atoms with E-state index in [1.165, 1.54) is 24.9 Å². The van der Waals surface area contributed by atoms with Crippen LogP contribution in [0.15, 0.2) is 24.3 Å². The Kier molecular flexibility index (Phi) is 8.16. The third-order valence-electron chi connectivity index (χ3n) is 6.56. The van der Waals surface area contributed by atoms with Gasteiger partial charge in [-0.15, -0.1) is 0 Å². The molecule has 3 aliphatic rings. The zero-order valence-electron chi connectivity index (χ0n) is 18.3. The lowest BCUT2D eigenvalue weighted by atomic mass is 9.99. The van der Waals surface area contributed by atoms with Crippen molar-refractivity contribution in [1.29, 1.82) is 0 Å². The van der Waals surface area contributed by atoms with E-state index in [9.17, 15) is 18.0 Å². The molecular weight excluding hydrogens is 425 g/mol. The number of hydrogen-bond acceptors (Lipinski definition) is 4. The fraction of sp³-hybridized carbons (Fsp3) is 0.652. The molecular formula is C23H31F3N2O4. The maximum Gasteiger partial charge on any atom is 0.490 e. The first-order valence-electron chi connectivity index (χ1n) is 11.1. The second-order valence-corrected chi connectivity index (χ2v) is 8.82. The molecule has 0 radical (unpaired) electrons. The van der Waals surface area contributed by atoms with Crippen molar-refractivity contribution in [2.45, 2.75) is 57.3 Å². The number of aliphatic carboxylic acids is 1. The van der Waals surface area contributed by atoms with E-state index in [2.05, 4.69) is 41.0 Å². The van der Waals surface area contributed by atoms with Crippen LogP contribution in [0.5, 0.6) is 0 Å². The number of carbonyl (C=O) groups excluding carboxylic acids is 1. The molecule has 9 heteroatoms. The first-order valence-corrected chi connectivity index (χ1v) is 11.1. The first kappa shape index (κ1) is 24.5. The molecule has 1 N–H and O–H groups in total. The van der Waals surface area contributed by atoms with Gasteiger partial charge in [-0.1, -0.05) is 29.8 Å². The predicted molar refractivity (Wildman–Crippen MR) is 112 cm³/mol. The number of carbonyl (C=O) groups is 2. The molecule has 1 aromatic carbocycles. The fourth-order valence-corrected chi connectivity index (χ4v) is 4.85. The lowest BCUT2D eigenvalue weighted by Gasteiger charge is -2.30. The van der Waals surface area contributed by atoms with Gasteiger partial charge >= 0.3 is 12.1 Å². The molecule has 2 atom stereocenters. The van der Waals surface area contributed by atoms with Crippen molar-refractivity contribution in [3.05, 3.63) is 35.4 Å². The number of hydrogen-bond donors (Lipinski definition) is 1. The van der Waals surface area contributed by atoms with Crippen LogP contribution in [0, 0.1) is 12.8 Å². The van der Waals surface area contributed by atoms with Crippen LogP contribution in [-0.4, -0.2) is 77.9 Å². The van der Waals surface area contributed by atoms with E-state index in [1.807, 2.05) is 0 Å². The summed E-state index contributed by atoms with van der Waals surface area (Å²) < 4.78 is 37.2. The molecule has 3 saturated heterocycles. The van der Waals surface area contributed by atoms with E-state index in [-0.39, 0.29) is 0 Å². The summed E-state index contributed by atoms with van der Waals surface area (Å²) in [4.78, 5) is 26.6. The molecule has 3 fully saturated rings. The largest absolute Gasteiger partial charge is 0.490 e. The number of carboxylic acids is 1. The van der Waals surface area contributed by atoms with Gasteiger partial charge in [0.05, 0.1) is 6.42 Å². The van der Waals surface area contributed by atoms with Crippen molar-refractivity contribution in [1.82, 2.24) is 9.80 Å². The highest BCUT2D eigenvalue weighted by Crippen LogP contribution is 2.33. The second-order valence-electron chi connectivity index (χ2n) is 8.82. The molecule has 1 aromatic rings. The van der Waals surface area contributed by atoms with Crippen LogP contribution in [0.4, 0.5) is 13.2 Å². The molecule has 0 unspecified atom stereocenters. The van der Waals surface area contributed by atoms with E-state index in [1.54, 1.807) is 0 Å². The molecule has 0 aliphatic carbocycles. The average molecular weight is 457 g/mol. The summed E-state index contributed by atoms with van der Waals surface area (Å²) in [5.41, 5.74) is 2.38. The summed E-state index contributed by atoms with van der Waals surface area (Å²) in [7, 11) is 0. The number of alkyl halides is 3. The first-order chi connectivity index (χ1) is 15.1. The van der Waals surface area contributed by atoms with Gasteiger partial charge in [-0.2, -0.15) is 13.2 Å².